The predicted octanol–water partition coefficient (Wildman–Crippen LogP) is 2.85. The van der Waals surface area contributed by atoms with Crippen molar-refractivity contribution in [1.29, 1.82) is 0 Å². The zero-order valence-corrected chi connectivity index (χ0v) is 13.3. The molecule has 0 saturated heterocycles. The van der Waals surface area contributed by atoms with Crippen molar-refractivity contribution < 1.29 is 14.6 Å². The van der Waals surface area contributed by atoms with Gasteiger partial charge in [0.1, 0.15) is 12.3 Å². The number of aliphatic carboxylic acids is 1. The molecule has 0 saturated carbocycles. The summed E-state index contributed by atoms with van der Waals surface area (Å²) in [6.07, 6.45) is 3.96. The Labute approximate surface area is 131 Å². The minimum atomic E-state index is -0.844. The molecule has 1 aromatic carbocycles. The number of allylic oxidation sites excluding steroid dienone is 1. The number of carboxylic acid groups (broad SMARTS) is 1. The van der Waals surface area contributed by atoms with E-state index in [4.69, 9.17) is 9.84 Å². The molecule has 1 aliphatic carbocycles. The third-order valence-corrected chi connectivity index (χ3v) is 3.75. The van der Waals surface area contributed by atoms with Crippen molar-refractivity contribution in [3.8, 4) is 5.75 Å². The highest BCUT2D eigenvalue weighted by atomic mass is 16.5. The predicted molar refractivity (Wildman–Crippen MR) is 87.1 cm³/mol. The third kappa shape index (κ3) is 4.69. The van der Waals surface area contributed by atoms with Gasteiger partial charge in [-0.2, -0.15) is 0 Å². The van der Waals surface area contributed by atoms with Crippen LogP contribution in [0.25, 0.3) is 0 Å². The summed E-state index contributed by atoms with van der Waals surface area (Å²) in [4.78, 5) is 10.7. The SMILES string of the molecule is COc1ccc(NC2C=C(NCC(=O)O)CC(C)(C)C2)cc1. The monoisotopic (exact) mass is 304 g/mol. The average molecular weight is 304 g/mol. The molecule has 1 aliphatic rings. The number of carbonyl (C=O) groups is 1. The van der Waals surface area contributed by atoms with Gasteiger partial charge in [0.05, 0.1) is 7.11 Å². The summed E-state index contributed by atoms with van der Waals surface area (Å²) in [5.74, 6) is -0.0159. The fraction of sp³-hybridized carbons (Fsp3) is 0.471. The van der Waals surface area contributed by atoms with Gasteiger partial charge in [-0.1, -0.05) is 13.8 Å². The number of nitrogens with one attached hydrogen (secondary N) is 2. The largest absolute Gasteiger partial charge is 0.497 e. The van der Waals surface area contributed by atoms with Gasteiger partial charge >= 0.3 is 5.97 Å². The lowest BCUT2D eigenvalue weighted by Gasteiger charge is -2.35. The lowest BCUT2D eigenvalue weighted by Crippen LogP contribution is -2.35. The number of methoxy groups -OCH3 is 1. The first kappa shape index (κ1) is 16.2. The van der Waals surface area contributed by atoms with Crippen molar-refractivity contribution >= 4 is 11.7 Å². The minimum Gasteiger partial charge on any atom is -0.497 e. The molecule has 22 heavy (non-hydrogen) atoms. The van der Waals surface area contributed by atoms with Crippen LogP contribution in [0.4, 0.5) is 5.69 Å². The average Bonchev–Trinajstić information content (AvgIpc) is 2.44. The van der Waals surface area contributed by atoms with E-state index >= 15 is 0 Å². The van der Waals surface area contributed by atoms with Crippen LogP contribution in [0.5, 0.6) is 5.75 Å². The first-order valence-electron chi connectivity index (χ1n) is 7.45. The zero-order valence-electron chi connectivity index (χ0n) is 13.3. The molecule has 0 spiro atoms. The highest BCUT2D eigenvalue weighted by Gasteiger charge is 2.28. The van der Waals surface area contributed by atoms with E-state index in [0.29, 0.717) is 0 Å². The van der Waals surface area contributed by atoms with Gasteiger partial charge in [-0.25, -0.2) is 0 Å². The Morgan fingerprint density at radius 1 is 1.36 bits per heavy atom. The molecule has 120 valence electrons. The number of anilines is 1. The van der Waals surface area contributed by atoms with Crippen LogP contribution >= 0.6 is 0 Å². The zero-order chi connectivity index (χ0) is 16.2. The normalized spacial score (nSPS) is 20.0. The standard InChI is InChI=1S/C17H24N2O3/c1-17(2)9-13(18-11-16(20)21)8-14(10-17)19-12-4-6-15(22-3)7-5-12/h4-8,14,18-19H,9-11H2,1-3H3,(H,20,21). The number of rotatable bonds is 6. The lowest BCUT2D eigenvalue weighted by atomic mass is 9.77. The van der Waals surface area contributed by atoms with E-state index in [-0.39, 0.29) is 18.0 Å². The number of benzene rings is 1. The Balaban J connectivity index is 2.06. The second-order valence-electron chi connectivity index (χ2n) is 6.46. The minimum absolute atomic E-state index is 0.0445. The van der Waals surface area contributed by atoms with E-state index < -0.39 is 5.97 Å². The van der Waals surface area contributed by atoms with E-state index in [2.05, 4.69) is 30.6 Å². The fourth-order valence-electron chi connectivity index (χ4n) is 2.85. The van der Waals surface area contributed by atoms with E-state index in [1.807, 2.05) is 24.3 Å². The maximum atomic E-state index is 10.7. The van der Waals surface area contributed by atoms with Crippen molar-refractivity contribution in [2.45, 2.75) is 32.7 Å². The summed E-state index contributed by atoms with van der Waals surface area (Å²) in [7, 11) is 1.65. The molecule has 0 heterocycles. The molecule has 0 aliphatic heterocycles. The highest BCUT2D eigenvalue weighted by Crippen LogP contribution is 2.35. The van der Waals surface area contributed by atoms with Crippen molar-refractivity contribution in [1.82, 2.24) is 5.32 Å². The summed E-state index contributed by atoms with van der Waals surface area (Å²) >= 11 is 0. The first-order valence-corrected chi connectivity index (χ1v) is 7.45. The maximum absolute atomic E-state index is 10.7. The summed E-state index contributed by atoms with van der Waals surface area (Å²) in [6.45, 7) is 4.35. The molecular formula is C17H24N2O3. The van der Waals surface area contributed by atoms with E-state index in [1.54, 1.807) is 7.11 Å². The van der Waals surface area contributed by atoms with Gasteiger partial charge in [0, 0.05) is 17.4 Å². The molecule has 0 fully saturated rings. The van der Waals surface area contributed by atoms with Gasteiger partial charge in [-0.05, 0) is 48.6 Å². The second kappa shape index (κ2) is 6.73. The summed E-state index contributed by atoms with van der Waals surface area (Å²) in [5, 5.41) is 15.3. The smallest absolute Gasteiger partial charge is 0.322 e. The molecule has 2 rings (SSSR count). The molecule has 1 aromatic rings. The number of ether oxygens (including phenoxy) is 1. The van der Waals surface area contributed by atoms with E-state index in [0.717, 1.165) is 30.0 Å². The second-order valence-corrected chi connectivity index (χ2v) is 6.46. The van der Waals surface area contributed by atoms with Gasteiger partial charge in [0.25, 0.3) is 0 Å². The molecule has 5 heteroatoms. The van der Waals surface area contributed by atoms with Crippen LogP contribution in [-0.2, 0) is 4.79 Å². The summed E-state index contributed by atoms with van der Waals surface area (Å²) < 4.78 is 5.16. The fourth-order valence-corrected chi connectivity index (χ4v) is 2.85. The van der Waals surface area contributed by atoms with Crippen molar-refractivity contribution in [2.75, 3.05) is 19.0 Å². The van der Waals surface area contributed by atoms with Crippen LogP contribution in [0.1, 0.15) is 26.7 Å². The Hall–Kier alpha value is -2.17. The third-order valence-electron chi connectivity index (χ3n) is 3.75. The molecule has 1 unspecified atom stereocenters. The molecule has 0 aromatic heterocycles. The Kier molecular flexibility index (Phi) is 4.96. The van der Waals surface area contributed by atoms with Gasteiger partial charge in [0.15, 0.2) is 0 Å². The first-order chi connectivity index (χ1) is 10.4. The van der Waals surface area contributed by atoms with Crippen molar-refractivity contribution in [2.24, 2.45) is 5.41 Å². The highest BCUT2D eigenvalue weighted by molar-refractivity contribution is 5.69. The van der Waals surface area contributed by atoms with Crippen LogP contribution in [0, 0.1) is 5.41 Å². The molecule has 0 radical (unpaired) electrons. The molecule has 3 N–H and O–H groups in total. The quantitative estimate of drug-likeness (QED) is 0.754. The molecule has 5 nitrogen and oxygen atoms in total. The Morgan fingerprint density at radius 2 is 2.05 bits per heavy atom. The topological polar surface area (TPSA) is 70.6 Å². The van der Waals surface area contributed by atoms with Gasteiger partial charge in [0.2, 0.25) is 0 Å². The van der Waals surface area contributed by atoms with Gasteiger partial charge in [-0.3, -0.25) is 4.79 Å². The number of hydrogen-bond donors (Lipinski definition) is 3. The van der Waals surface area contributed by atoms with Crippen LogP contribution in [0.15, 0.2) is 36.0 Å². The number of hydrogen-bond acceptors (Lipinski definition) is 4. The molecular weight excluding hydrogens is 280 g/mol. The van der Waals surface area contributed by atoms with Crippen molar-refractivity contribution in [3.05, 3.63) is 36.0 Å². The summed E-state index contributed by atoms with van der Waals surface area (Å²) in [5.41, 5.74) is 2.14. The van der Waals surface area contributed by atoms with Crippen LogP contribution in [0.2, 0.25) is 0 Å². The molecule has 0 amide bonds. The maximum Gasteiger partial charge on any atom is 0.322 e. The van der Waals surface area contributed by atoms with Crippen LogP contribution in [-0.4, -0.2) is 30.8 Å². The molecule has 1 atom stereocenters. The van der Waals surface area contributed by atoms with Crippen LogP contribution in [0.3, 0.4) is 0 Å². The lowest BCUT2D eigenvalue weighted by molar-refractivity contribution is -0.135. The molecule has 0 bridgehead atoms. The number of carboxylic acids is 1. The van der Waals surface area contributed by atoms with E-state index in [9.17, 15) is 4.79 Å². The van der Waals surface area contributed by atoms with Gasteiger partial charge < -0.3 is 20.5 Å². The van der Waals surface area contributed by atoms with Crippen molar-refractivity contribution in [3.63, 3.8) is 0 Å². The Morgan fingerprint density at radius 3 is 2.64 bits per heavy atom. The summed E-state index contributed by atoms with van der Waals surface area (Å²) in [6, 6.07) is 7.98. The van der Waals surface area contributed by atoms with Gasteiger partial charge in [-0.15, -0.1) is 0 Å². The Bertz CT molecular complexity index is 550. The van der Waals surface area contributed by atoms with E-state index in [1.165, 1.54) is 0 Å². The van der Waals surface area contributed by atoms with Crippen LogP contribution < -0.4 is 15.4 Å².